The van der Waals surface area contributed by atoms with E-state index in [0.717, 1.165) is 31.6 Å². The van der Waals surface area contributed by atoms with E-state index in [1.807, 2.05) is 29.1 Å². The number of hydrogen-bond acceptors (Lipinski definition) is 4. The van der Waals surface area contributed by atoms with Gasteiger partial charge in [-0.15, -0.1) is 12.4 Å². The van der Waals surface area contributed by atoms with Crippen LogP contribution in [-0.2, 0) is 11.3 Å². The minimum absolute atomic E-state index is 0. The van der Waals surface area contributed by atoms with Crippen molar-refractivity contribution in [3.63, 3.8) is 0 Å². The van der Waals surface area contributed by atoms with Crippen molar-refractivity contribution in [2.45, 2.75) is 31.5 Å². The van der Waals surface area contributed by atoms with Crippen LogP contribution in [-0.4, -0.2) is 47.0 Å². The zero-order chi connectivity index (χ0) is 15.4. The fourth-order valence-electron chi connectivity index (χ4n) is 3.13. The Morgan fingerprint density at radius 1 is 1.30 bits per heavy atom. The predicted octanol–water partition coefficient (Wildman–Crippen LogP) is 2.23. The number of ether oxygens (including phenoxy) is 1. The number of para-hydroxylation sites is 1. The first-order valence-electron chi connectivity index (χ1n) is 7.86. The Balaban J connectivity index is 0.00000192. The van der Waals surface area contributed by atoms with Gasteiger partial charge in [0.05, 0.1) is 18.0 Å². The largest absolute Gasteiger partial charge is 0.381 e. The lowest BCUT2D eigenvalue weighted by atomic mass is 9.99. The van der Waals surface area contributed by atoms with Crippen molar-refractivity contribution in [3.8, 4) is 5.69 Å². The van der Waals surface area contributed by atoms with E-state index < -0.39 is 0 Å². The monoisotopic (exact) mass is 336 g/mol. The number of aromatic nitrogens is 2. The second-order valence-corrected chi connectivity index (χ2v) is 5.87. The third-order valence-corrected chi connectivity index (χ3v) is 4.44. The normalized spacial score (nSPS) is 21.8. The zero-order valence-electron chi connectivity index (χ0n) is 13.5. The maximum absolute atomic E-state index is 5.94. The third-order valence-electron chi connectivity index (χ3n) is 4.44. The van der Waals surface area contributed by atoms with E-state index in [0.29, 0.717) is 18.7 Å². The summed E-state index contributed by atoms with van der Waals surface area (Å²) in [6.07, 6.45) is 6.48. The molecule has 5 nitrogen and oxygen atoms in total. The number of piperidine rings is 1. The van der Waals surface area contributed by atoms with Crippen LogP contribution in [0.15, 0.2) is 42.7 Å². The SMILES string of the molecule is COC1CCN(Cc2cnn(-c3ccccc3)c2)C(CN)C1.Cl. The molecular formula is C17H25ClN4O. The van der Waals surface area contributed by atoms with Crippen molar-refractivity contribution in [1.82, 2.24) is 14.7 Å². The van der Waals surface area contributed by atoms with Gasteiger partial charge in [-0.2, -0.15) is 5.10 Å². The van der Waals surface area contributed by atoms with Crippen LogP contribution in [0.5, 0.6) is 0 Å². The van der Waals surface area contributed by atoms with Crippen LogP contribution in [0.2, 0.25) is 0 Å². The molecule has 0 bridgehead atoms. The predicted molar refractivity (Wildman–Crippen MR) is 94.1 cm³/mol. The highest BCUT2D eigenvalue weighted by Crippen LogP contribution is 2.21. The summed E-state index contributed by atoms with van der Waals surface area (Å²) in [4.78, 5) is 2.45. The number of halogens is 1. The molecule has 126 valence electrons. The molecule has 0 saturated carbocycles. The van der Waals surface area contributed by atoms with Crippen molar-refractivity contribution in [2.75, 3.05) is 20.2 Å². The van der Waals surface area contributed by atoms with Gasteiger partial charge in [-0.05, 0) is 25.0 Å². The van der Waals surface area contributed by atoms with Crippen LogP contribution in [0.1, 0.15) is 18.4 Å². The fourth-order valence-corrected chi connectivity index (χ4v) is 3.13. The molecule has 2 N–H and O–H groups in total. The Labute approximate surface area is 143 Å². The smallest absolute Gasteiger partial charge is 0.0645 e. The Kier molecular flexibility index (Phi) is 6.59. The van der Waals surface area contributed by atoms with Gasteiger partial charge in [0.2, 0.25) is 0 Å². The standard InChI is InChI=1S/C17H24N4O.ClH/c1-22-17-7-8-20(16(9-17)10-18)12-14-11-19-21(13-14)15-5-3-2-4-6-15;/h2-6,11,13,16-17H,7-10,12,18H2,1H3;1H. The Morgan fingerprint density at radius 2 is 2.09 bits per heavy atom. The highest BCUT2D eigenvalue weighted by atomic mass is 35.5. The van der Waals surface area contributed by atoms with Crippen LogP contribution < -0.4 is 5.73 Å². The van der Waals surface area contributed by atoms with Crippen molar-refractivity contribution in [1.29, 1.82) is 0 Å². The van der Waals surface area contributed by atoms with Crippen molar-refractivity contribution >= 4 is 12.4 Å². The van der Waals surface area contributed by atoms with E-state index in [1.54, 1.807) is 7.11 Å². The van der Waals surface area contributed by atoms with Gasteiger partial charge in [-0.1, -0.05) is 18.2 Å². The summed E-state index contributed by atoms with van der Waals surface area (Å²) in [7, 11) is 1.79. The average molecular weight is 337 g/mol. The molecule has 1 fully saturated rings. The molecule has 1 saturated heterocycles. The maximum Gasteiger partial charge on any atom is 0.0645 e. The lowest BCUT2D eigenvalue weighted by Gasteiger charge is -2.38. The second-order valence-electron chi connectivity index (χ2n) is 5.87. The molecule has 3 rings (SSSR count). The van der Waals surface area contributed by atoms with Gasteiger partial charge in [0.25, 0.3) is 0 Å². The van der Waals surface area contributed by atoms with Gasteiger partial charge in [0, 0.05) is 44.5 Å². The van der Waals surface area contributed by atoms with Gasteiger partial charge in [0.15, 0.2) is 0 Å². The summed E-state index contributed by atoms with van der Waals surface area (Å²) in [5.74, 6) is 0. The van der Waals surface area contributed by atoms with E-state index in [9.17, 15) is 0 Å². The number of nitrogens with zero attached hydrogens (tertiary/aromatic N) is 3. The third kappa shape index (κ3) is 4.32. The number of methoxy groups -OCH3 is 1. The summed E-state index contributed by atoms with van der Waals surface area (Å²) in [6.45, 7) is 2.59. The molecule has 2 unspecified atom stereocenters. The summed E-state index contributed by atoms with van der Waals surface area (Å²) in [5.41, 5.74) is 8.25. The van der Waals surface area contributed by atoms with Crippen LogP contribution in [0.3, 0.4) is 0 Å². The minimum Gasteiger partial charge on any atom is -0.381 e. The van der Waals surface area contributed by atoms with E-state index in [1.165, 1.54) is 5.56 Å². The topological polar surface area (TPSA) is 56.3 Å². The molecule has 0 spiro atoms. The number of likely N-dealkylation sites (tertiary alicyclic amines) is 1. The second kappa shape index (κ2) is 8.45. The zero-order valence-corrected chi connectivity index (χ0v) is 14.3. The van der Waals surface area contributed by atoms with Crippen LogP contribution in [0.4, 0.5) is 0 Å². The lowest BCUT2D eigenvalue weighted by Crippen LogP contribution is -2.47. The first-order chi connectivity index (χ1) is 10.8. The number of nitrogens with two attached hydrogens (primary N) is 1. The highest BCUT2D eigenvalue weighted by molar-refractivity contribution is 5.85. The summed E-state index contributed by atoms with van der Waals surface area (Å²) >= 11 is 0. The molecule has 2 atom stereocenters. The van der Waals surface area contributed by atoms with E-state index in [4.69, 9.17) is 10.5 Å². The van der Waals surface area contributed by atoms with Crippen molar-refractivity contribution in [3.05, 3.63) is 48.3 Å². The van der Waals surface area contributed by atoms with E-state index >= 15 is 0 Å². The lowest BCUT2D eigenvalue weighted by molar-refractivity contribution is 0.0102. The molecule has 6 heteroatoms. The molecule has 1 aliphatic heterocycles. The van der Waals surface area contributed by atoms with Crippen molar-refractivity contribution in [2.24, 2.45) is 5.73 Å². The quantitative estimate of drug-likeness (QED) is 0.909. The molecule has 2 heterocycles. The maximum atomic E-state index is 5.94. The molecule has 0 aliphatic carbocycles. The first-order valence-corrected chi connectivity index (χ1v) is 7.86. The Bertz CT molecular complexity index is 589. The Hall–Kier alpha value is -1.40. The number of benzene rings is 1. The molecule has 23 heavy (non-hydrogen) atoms. The molecule has 1 aromatic heterocycles. The first kappa shape index (κ1) is 17.9. The average Bonchev–Trinajstić information content (AvgIpc) is 3.04. The molecule has 2 aromatic rings. The molecular weight excluding hydrogens is 312 g/mol. The fraction of sp³-hybridized carbons (Fsp3) is 0.471. The van der Waals surface area contributed by atoms with Crippen molar-refractivity contribution < 1.29 is 4.74 Å². The van der Waals surface area contributed by atoms with Gasteiger partial charge < -0.3 is 10.5 Å². The molecule has 1 aromatic carbocycles. The Morgan fingerprint density at radius 3 is 2.78 bits per heavy atom. The van der Waals surface area contributed by atoms with E-state index in [-0.39, 0.29) is 12.4 Å². The van der Waals surface area contributed by atoms with E-state index in [2.05, 4.69) is 28.3 Å². The number of rotatable bonds is 5. The summed E-state index contributed by atoms with van der Waals surface area (Å²) in [6, 6.07) is 10.6. The minimum atomic E-state index is 0. The summed E-state index contributed by atoms with van der Waals surface area (Å²) < 4.78 is 7.41. The number of hydrogen-bond donors (Lipinski definition) is 1. The highest BCUT2D eigenvalue weighted by Gasteiger charge is 2.27. The molecule has 0 radical (unpaired) electrons. The molecule has 1 aliphatic rings. The molecule has 0 amide bonds. The van der Waals surface area contributed by atoms with Crippen LogP contribution >= 0.6 is 12.4 Å². The summed E-state index contributed by atoms with van der Waals surface area (Å²) in [5, 5.41) is 4.47. The van der Waals surface area contributed by atoms with Gasteiger partial charge in [-0.3, -0.25) is 4.90 Å². The van der Waals surface area contributed by atoms with Gasteiger partial charge in [-0.25, -0.2) is 4.68 Å². The van der Waals surface area contributed by atoms with Gasteiger partial charge in [0.1, 0.15) is 0 Å². The van der Waals surface area contributed by atoms with Crippen LogP contribution in [0.25, 0.3) is 5.69 Å². The van der Waals surface area contributed by atoms with Crippen LogP contribution in [0, 0.1) is 0 Å². The van der Waals surface area contributed by atoms with Gasteiger partial charge >= 0.3 is 0 Å².